The summed E-state index contributed by atoms with van der Waals surface area (Å²) in [5, 5.41) is 10.2. The summed E-state index contributed by atoms with van der Waals surface area (Å²) in [6.45, 7) is 25.2. The van der Waals surface area contributed by atoms with Gasteiger partial charge in [-0.25, -0.2) is 14.8 Å². The quantitative estimate of drug-likeness (QED) is 0.323. The number of piperidine rings is 1. The molecule has 0 radical (unpaired) electrons. The van der Waals surface area contributed by atoms with E-state index < -0.39 is 19.9 Å². The smallest absolute Gasteiger partial charge is 0.407 e. The molecule has 1 aromatic carbocycles. The Morgan fingerprint density at radius 3 is 2.43 bits per heavy atom. The van der Waals surface area contributed by atoms with Crippen LogP contribution in [0, 0.1) is 31.1 Å². The molecule has 0 unspecified atom stereocenters. The SMILES string of the molecule is Cc1cc(C)nc(N2C[C@H]3C[C@@]45CC[C@@H]2[C@@H]3[C@@]42CCN(CCN(C(=O)O)C(C)(C)C)[C@@H]5Cc3ccc(O[Si](C)(C)C(C)(C)C)cc32)n1. The third-order valence-electron chi connectivity index (χ3n) is 13.6. The molecule has 4 bridgehead atoms. The lowest BCUT2D eigenvalue weighted by Gasteiger charge is -2.66. The van der Waals surface area contributed by atoms with Crippen LogP contribution in [0.3, 0.4) is 0 Å². The van der Waals surface area contributed by atoms with Gasteiger partial charge < -0.3 is 19.3 Å². The van der Waals surface area contributed by atoms with Crippen molar-refractivity contribution in [1.29, 1.82) is 0 Å². The number of rotatable bonds is 6. The van der Waals surface area contributed by atoms with Crippen LogP contribution >= 0.6 is 0 Å². The topological polar surface area (TPSA) is 82.0 Å². The average Bonchev–Trinajstić information content (AvgIpc) is 3.39. The van der Waals surface area contributed by atoms with Gasteiger partial charge in [0.2, 0.25) is 14.3 Å². The molecule has 2 saturated heterocycles. The Morgan fingerprint density at radius 1 is 1.09 bits per heavy atom. The van der Waals surface area contributed by atoms with Crippen molar-refractivity contribution in [3.63, 3.8) is 0 Å². The zero-order valence-electron chi connectivity index (χ0n) is 30.5. The molecule has 256 valence electrons. The molecular formula is C38H57N5O3Si. The minimum atomic E-state index is -2.01. The van der Waals surface area contributed by atoms with Gasteiger partial charge in [-0.1, -0.05) is 26.8 Å². The van der Waals surface area contributed by atoms with E-state index in [2.05, 4.69) is 81.8 Å². The van der Waals surface area contributed by atoms with Crippen molar-refractivity contribution in [3.8, 4) is 5.75 Å². The molecular weight excluding hydrogens is 603 g/mol. The number of hydrogen-bond acceptors (Lipinski definition) is 6. The van der Waals surface area contributed by atoms with Crippen LogP contribution in [-0.2, 0) is 11.8 Å². The molecule has 1 amide bonds. The number of hydrogen-bond donors (Lipinski definition) is 1. The minimum Gasteiger partial charge on any atom is -0.543 e. The number of fused-ring (bicyclic) bond motifs is 1. The van der Waals surface area contributed by atoms with Gasteiger partial charge in [0.15, 0.2) is 0 Å². The Bertz CT molecular complexity index is 1560. The average molecular weight is 660 g/mol. The number of carbonyl (C=O) groups is 1. The van der Waals surface area contributed by atoms with Gasteiger partial charge in [0.25, 0.3) is 0 Å². The summed E-state index contributed by atoms with van der Waals surface area (Å²) in [4.78, 5) is 29.2. The largest absolute Gasteiger partial charge is 0.543 e. The van der Waals surface area contributed by atoms with E-state index in [-0.39, 0.29) is 15.9 Å². The van der Waals surface area contributed by atoms with E-state index in [1.165, 1.54) is 24.8 Å². The maximum Gasteiger partial charge on any atom is 0.407 e. The summed E-state index contributed by atoms with van der Waals surface area (Å²) in [5.74, 6) is 3.12. The van der Waals surface area contributed by atoms with Crippen LogP contribution in [0.2, 0.25) is 18.1 Å². The number of amides is 1. The van der Waals surface area contributed by atoms with E-state index in [9.17, 15) is 9.90 Å². The van der Waals surface area contributed by atoms with E-state index in [1.54, 1.807) is 10.5 Å². The number of aromatic nitrogens is 2. The van der Waals surface area contributed by atoms with Crippen molar-refractivity contribution >= 4 is 20.4 Å². The summed E-state index contributed by atoms with van der Waals surface area (Å²) in [6, 6.07) is 10.1. The van der Waals surface area contributed by atoms with Crippen molar-refractivity contribution in [3.05, 3.63) is 46.8 Å². The van der Waals surface area contributed by atoms with Gasteiger partial charge in [0, 0.05) is 54.1 Å². The van der Waals surface area contributed by atoms with Crippen molar-refractivity contribution in [1.82, 2.24) is 19.8 Å². The second-order valence-corrected chi connectivity index (χ2v) is 22.8. The van der Waals surface area contributed by atoms with Gasteiger partial charge in [0.05, 0.1) is 0 Å². The molecule has 5 aliphatic rings. The van der Waals surface area contributed by atoms with Crippen LogP contribution < -0.4 is 9.33 Å². The fourth-order valence-electron chi connectivity index (χ4n) is 10.9. The summed E-state index contributed by atoms with van der Waals surface area (Å²) < 4.78 is 7.00. The molecule has 4 fully saturated rings. The van der Waals surface area contributed by atoms with Crippen molar-refractivity contribution < 1.29 is 14.3 Å². The molecule has 8 nitrogen and oxygen atoms in total. The summed E-state index contributed by atoms with van der Waals surface area (Å²) in [5.41, 5.74) is 4.96. The van der Waals surface area contributed by atoms with Gasteiger partial charge in [-0.3, -0.25) is 4.90 Å². The number of nitrogens with zero attached hydrogens (tertiary/aromatic N) is 5. The van der Waals surface area contributed by atoms with Gasteiger partial charge in [-0.15, -0.1) is 0 Å². The van der Waals surface area contributed by atoms with Gasteiger partial charge >= 0.3 is 6.09 Å². The highest BCUT2D eigenvalue weighted by molar-refractivity contribution is 6.74. The normalized spacial score (nSPS) is 31.4. The maximum atomic E-state index is 12.3. The van der Waals surface area contributed by atoms with Crippen molar-refractivity contribution in [2.45, 2.75) is 129 Å². The summed E-state index contributed by atoms with van der Waals surface area (Å²) in [6.07, 6.45) is 4.92. The first-order valence-corrected chi connectivity index (χ1v) is 20.9. The van der Waals surface area contributed by atoms with E-state index in [0.717, 1.165) is 55.6 Å². The fourth-order valence-corrected chi connectivity index (χ4v) is 11.9. The lowest BCUT2D eigenvalue weighted by atomic mass is 9.43. The van der Waals surface area contributed by atoms with Gasteiger partial charge in [0.1, 0.15) is 5.75 Å². The van der Waals surface area contributed by atoms with Crippen LogP contribution in [-0.4, -0.2) is 83.1 Å². The molecule has 2 saturated carbocycles. The number of aryl methyl sites for hydroxylation is 2. The molecule has 1 N–H and O–H groups in total. The van der Waals surface area contributed by atoms with Crippen LogP contribution in [0.5, 0.6) is 5.75 Å². The Balaban J connectivity index is 1.31. The number of carboxylic acid groups (broad SMARTS) is 1. The molecule has 2 aromatic rings. The highest BCUT2D eigenvalue weighted by Crippen LogP contribution is 2.75. The van der Waals surface area contributed by atoms with Crippen LogP contribution in [0.25, 0.3) is 0 Å². The second-order valence-electron chi connectivity index (χ2n) is 18.1. The van der Waals surface area contributed by atoms with Crippen molar-refractivity contribution in [2.75, 3.05) is 31.1 Å². The summed E-state index contributed by atoms with van der Waals surface area (Å²) >= 11 is 0. The lowest BCUT2D eigenvalue weighted by molar-refractivity contribution is -0.0930. The predicted molar refractivity (Wildman–Crippen MR) is 190 cm³/mol. The number of likely N-dealkylation sites (tertiary alicyclic amines) is 1. The zero-order valence-corrected chi connectivity index (χ0v) is 31.5. The van der Waals surface area contributed by atoms with E-state index in [0.29, 0.717) is 30.5 Å². The third kappa shape index (κ3) is 4.87. The van der Waals surface area contributed by atoms with Crippen molar-refractivity contribution in [2.24, 2.45) is 17.3 Å². The van der Waals surface area contributed by atoms with Crippen LogP contribution in [0.1, 0.15) is 89.7 Å². The van der Waals surface area contributed by atoms with Crippen LogP contribution in [0.15, 0.2) is 24.3 Å². The van der Waals surface area contributed by atoms with E-state index >= 15 is 0 Å². The Labute approximate surface area is 283 Å². The maximum absolute atomic E-state index is 12.3. The number of anilines is 1. The predicted octanol–water partition coefficient (Wildman–Crippen LogP) is 7.43. The highest BCUT2D eigenvalue weighted by atomic mass is 28.4. The minimum absolute atomic E-state index is 0.0757. The zero-order chi connectivity index (χ0) is 33.9. The summed E-state index contributed by atoms with van der Waals surface area (Å²) in [7, 11) is -2.01. The third-order valence-corrected chi connectivity index (χ3v) is 18.0. The molecule has 1 aromatic heterocycles. The molecule has 0 spiro atoms. The first-order valence-electron chi connectivity index (χ1n) is 18.0. The highest BCUT2D eigenvalue weighted by Gasteiger charge is 2.76. The molecule has 2 aliphatic heterocycles. The molecule has 3 aliphatic carbocycles. The van der Waals surface area contributed by atoms with E-state index in [4.69, 9.17) is 14.4 Å². The molecule has 7 rings (SSSR count). The Kier molecular flexibility index (Phi) is 7.46. The standard InChI is InChI=1S/C38H57N5O3Si/c1-24-19-25(2)40-33(39-24)42-23-27-22-37-14-13-30(42)32(27)38(37)15-16-41(17-18-43(34(44)45)35(3,4)5)31(37)20-26-11-12-28(21-29(26)38)46-47(9,10)36(6,7)8/h11-12,19,21,27,30-32H,13-18,20,22-23H2,1-10H3,(H,44,45)/t27-,30-,31-,32-,37-,38+/m1/s1. The Hall–Kier alpha value is -2.65. The Morgan fingerprint density at radius 2 is 1.79 bits per heavy atom. The first kappa shape index (κ1) is 32.9. The van der Waals surface area contributed by atoms with Gasteiger partial charge in [-0.05, 0) is 138 Å². The molecule has 3 heterocycles. The van der Waals surface area contributed by atoms with E-state index in [1.807, 2.05) is 20.8 Å². The number of benzene rings is 1. The first-order chi connectivity index (χ1) is 21.9. The lowest BCUT2D eigenvalue weighted by Crippen LogP contribution is -2.70. The fraction of sp³-hybridized carbons (Fsp3) is 0.711. The monoisotopic (exact) mass is 659 g/mol. The second kappa shape index (κ2) is 10.7. The van der Waals surface area contributed by atoms with Crippen LogP contribution in [0.4, 0.5) is 10.7 Å². The molecule has 6 atom stereocenters. The molecule has 9 heteroatoms. The molecule has 47 heavy (non-hydrogen) atoms. The van der Waals surface area contributed by atoms with Gasteiger partial charge in [-0.2, -0.15) is 0 Å².